The van der Waals surface area contributed by atoms with Gasteiger partial charge in [-0.1, -0.05) is 23.7 Å². The van der Waals surface area contributed by atoms with E-state index in [0.717, 1.165) is 24.5 Å². The number of thiocarbonyl (C=S) groups is 1. The van der Waals surface area contributed by atoms with Crippen LogP contribution in [0.2, 0.25) is 5.02 Å². The second-order valence-electron chi connectivity index (χ2n) is 5.30. The molecular formula is C17H15ClF4N2S. The monoisotopic (exact) mass is 390 g/mol. The number of halogens is 5. The predicted octanol–water partition coefficient (Wildman–Crippen LogP) is 5.42. The Kier molecular flexibility index (Phi) is 6.61. The van der Waals surface area contributed by atoms with Crippen molar-refractivity contribution in [3.63, 3.8) is 0 Å². The zero-order chi connectivity index (χ0) is 18.4. The molecule has 134 valence electrons. The Bertz CT molecular complexity index is 732. The van der Waals surface area contributed by atoms with Crippen molar-refractivity contribution in [1.29, 1.82) is 0 Å². The molecule has 0 saturated heterocycles. The molecule has 0 unspecified atom stereocenters. The normalized spacial score (nSPS) is 11.2. The predicted molar refractivity (Wildman–Crippen MR) is 95.4 cm³/mol. The van der Waals surface area contributed by atoms with Gasteiger partial charge >= 0.3 is 6.18 Å². The average molecular weight is 391 g/mol. The second kappa shape index (κ2) is 8.49. The minimum atomic E-state index is -4.53. The summed E-state index contributed by atoms with van der Waals surface area (Å²) in [5.41, 5.74) is 0.278. The van der Waals surface area contributed by atoms with Gasteiger partial charge in [-0.3, -0.25) is 0 Å². The van der Waals surface area contributed by atoms with Gasteiger partial charge in [0.25, 0.3) is 0 Å². The van der Waals surface area contributed by atoms with Crippen LogP contribution in [0.15, 0.2) is 42.5 Å². The number of hydrogen-bond acceptors (Lipinski definition) is 1. The summed E-state index contributed by atoms with van der Waals surface area (Å²) in [7, 11) is 0. The average Bonchev–Trinajstić information content (AvgIpc) is 2.54. The molecule has 2 aromatic rings. The molecule has 0 aromatic heterocycles. The third kappa shape index (κ3) is 6.17. The number of hydrogen-bond donors (Lipinski definition) is 2. The first-order valence-corrected chi connectivity index (χ1v) is 8.20. The molecule has 0 atom stereocenters. The van der Waals surface area contributed by atoms with Gasteiger partial charge in [0.2, 0.25) is 0 Å². The zero-order valence-corrected chi connectivity index (χ0v) is 14.5. The van der Waals surface area contributed by atoms with Crippen LogP contribution in [0.4, 0.5) is 23.2 Å². The van der Waals surface area contributed by atoms with Crippen molar-refractivity contribution in [1.82, 2.24) is 5.32 Å². The Labute approximate surface area is 153 Å². The first-order valence-electron chi connectivity index (χ1n) is 7.42. The number of nitrogens with one attached hydrogen (secondary N) is 2. The van der Waals surface area contributed by atoms with Crippen LogP contribution in [0.3, 0.4) is 0 Å². The van der Waals surface area contributed by atoms with Gasteiger partial charge in [-0.15, -0.1) is 0 Å². The van der Waals surface area contributed by atoms with E-state index in [0.29, 0.717) is 6.54 Å². The highest BCUT2D eigenvalue weighted by molar-refractivity contribution is 7.80. The molecule has 2 aromatic carbocycles. The van der Waals surface area contributed by atoms with Gasteiger partial charge in [0.15, 0.2) is 5.11 Å². The van der Waals surface area contributed by atoms with Crippen LogP contribution < -0.4 is 10.6 Å². The molecule has 25 heavy (non-hydrogen) atoms. The lowest BCUT2D eigenvalue weighted by atomic mass is 10.1. The lowest BCUT2D eigenvalue weighted by Crippen LogP contribution is -2.29. The Morgan fingerprint density at radius 1 is 1.08 bits per heavy atom. The standard InChI is InChI=1S/C17H15ClF4N2S/c18-15-8-7-13(10-14(15)17(20,21)22)24-16(25)23-9-1-2-11-3-5-12(19)6-4-11/h3-8,10H,1-2,9H2,(H2,23,24,25). The van der Waals surface area contributed by atoms with E-state index in [1.165, 1.54) is 24.3 Å². The molecular weight excluding hydrogens is 376 g/mol. The maximum atomic E-state index is 12.8. The summed E-state index contributed by atoms with van der Waals surface area (Å²) in [6.07, 6.45) is -3.06. The molecule has 0 aliphatic rings. The van der Waals surface area contributed by atoms with Crippen molar-refractivity contribution in [2.45, 2.75) is 19.0 Å². The van der Waals surface area contributed by atoms with Crippen LogP contribution in [0.25, 0.3) is 0 Å². The Balaban J connectivity index is 1.81. The Morgan fingerprint density at radius 3 is 2.40 bits per heavy atom. The van der Waals surface area contributed by atoms with Gasteiger partial charge < -0.3 is 10.6 Å². The molecule has 0 amide bonds. The van der Waals surface area contributed by atoms with E-state index >= 15 is 0 Å². The highest BCUT2D eigenvalue weighted by atomic mass is 35.5. The summed E-state index contributed by atoms with van der Waals surface area (Å²) in [4.78, 5) is 0. The lowest BCUT2D eigenvalue weighted by Gasteiger charge is -2.14. The van der Waals surface area contributed by atoms with Gasteiger partial charge in [-0.2, -0.15) is 13.2 Å². The molecule has 0 radical (unpaired) electrons. The minimum absolute atomic E-state index is 0.202. The van der Waals surface area contributed by atoms with E-state index < -0.39 is 11.7 Å². The number of aryl methyl sites for hydroxylation is 1. The molecule has 0 saturated carbocycles. The molecule has 0 heterocycles. The molecule has 0 aliphatic heterocycles. The first-order chi connectivity index (χ1) is 11.8. The fraction of sp³-hybridized carbons (Fsp3) is 0.235. The molecule has 2 rings (SSSR count). The summed E-state index contributed by atoms with van der Waals surface area (Å²) in [5.74, 6) is -0.284. The van der Waals surface area contributed by atoms with Gasteiger partial charge in [0.1, 0.15) is 5.82 Å². The highest BCUT2D eigenvalue weighted by Gasteiger charge is 2.33. The van der Waals surface area contributed by atoms with Gasteiger partial charge in [-0.05, 0) is 61.0 Å². The maximum absolute atomic E-state index is 12.8. The molecule has 0 bridgehead atoms. The summed E-state index contributed by atoms with van der Waals surface area (Å²) < 4.78 is 51.2. The van der Waals surface area contributed by atoms with Crippen LogP contribution in [0, 0.1) is 5.82 Å². The third-order valence-electron chi connectivity index (χ3n) is 3.37. The molecule has 0 spiro atoms. The number of anilines is 1. The molecule has 8 heteroatoms. The van der Waals surface area contributed by atoms with Crippen LogP contribution in [0.1, 0.15) is 17.5 Å². The lowest BCUT2D eigenvalue weighted by molar-refractivity contribution is -0.137. The zero-order valence-electron chi connectivity index (χ0n) is 13.0. The van der Waals surface area contributed by atoms with Crippen molar-refractivity contribution in [2.24, 2.45) is 0 Å². The third-order valence-corrected chi connectivity index (χ3v) is 3.95. The van der Waals surface area contributed by atoms with Crippen LogP contribution >= 0.6 is 23.8 Å². The number of benzene rings is 2. The molecule has 2 N–H and O–H groups in total. The van der Waals surface area contributed by atoms with Crippen molar-refractivity contribution in [3.8, 4) is 0 Å². The fourth-order valence-corrected chi connectivity index (χ4v) is 2.59. The van der Waals surface area contributed by atoms with E-state index in [2.05, 4.69) is 10.6 Å². The van der Waals surface area contributed by atoms with Crippen LogP contribution in [0.5, 0.6) is 0 Å². The van der Waals surface area contributed by atoms with E-state index in [1.807, 2.05) is 0 Å². The minimum Gasteiger partial charge on any atom is -0.362 e. The van der Waals surface area contributed by atoms with E-state index in [1.54, 1.807) is 12.1 Å². The smallest absolute Gasteiger partial charge is 0.362 e. The molecule has 2 nitrogen and oxygen atoms in total. The Hall–Kier alpha value is -1.86. The van der Waals surface area contributed by atoms with E-state index in [-0.39, 0.29) is 21.6 Å². The van der Waals surface area contributed by atoms with Crippen molar-refractivity contribution < 1.29 is 17.6 Å². The van der Waals surface area contributed by atoms with Crippen molar-refractivity contribution in [2.75, 3.05) is 11.9 Å². The highest BCUT2D eigenvalue weighted by Crippen LogP contribution is 2.36. The van der Waals surface area contributed by atoms with Crippen molar-refractivity contribution >= 4 is 34.6 Å². The summed E-state index contributed by atoms with van der Waals surface area (Å²) in [5, 5.41) is 5.47. The molecule has 0 fully saturated rings. The largest absolute Gasteiger partial charge is 0.417 e. The van der Waals surface area contributed by atoms with Crippen LogP contribution in [-0.4, -0.2) is 11.7 Å². The quantitative estimate of drug-likeness (QED) is 0.405. The summed E-state index contributed by atoms with van der Waals surface area (Å²) in [6, 6.07) is 9.71. The van der Waals surface area contributed by atoms with Gasteiger partial charge in [0.05, 0.1) is 10.6 Å². The summed E-state index contributed by atoms with van der Waals surface area (Å²) in [6.45, 7) is 0.531. The fourth-order valence-electron chi connectivity index (χ4n) is 2.14. The topological polar surface area (TPSA) is 24.1 Å². The van der Waals surface area contributed by atoms with Gasteiger partial charge in [-0.25, -0.2) is 4.39 Å². The first kappa shape index (κ1) is 19.5. The van der Waals surface area contributed by atoms with Gasteiger partial charge in [0, 0.05) is 12.2 Å². The van der Waals surface area contributed by atoms with Crippen LogP contribution in [-0.2, 0) is 12.6 Å². The molecule has 0 aliphatic carbocycles. The summed E-state index contributed by atoms with van der Waals surface area (Å²) >= 11 is 10.6. The van der Waals surface area contributed by atoms with E-state index in [9.17, 15) is 17.6 Å². The van der Waals surface area contributed by atoms with E-state index in [4.69, 9.17) is 23.8 Å². The number of rotatable bonds is 5. The second-order valence-corrected chi connectivity index (χ2v) is 6.12. The Morgan fingerprint density at radius 2 is 1.76 bits per heavy atom. The maximum Gasteiger partial charge on any atom is 0.417 e. The number of alkyl halides is 3. The van der Waals surface area contributed by atoms with Crippen molar-refractivity contribution in [3.05, 3.63) is 64.4 Å². The SMILES string of the molecule is Fc1ccc(CCCNC(=S)Nc2ccc(Cl)c(C(F)(F)F)c2)cc1.